The highest BCUT2D eigenvalue weighted by atomic mass is 127. The summed E-state index contributed by atoms with van der Waals surface area (Å²) in [5, 5.41) is 9.87. The molecule has 1 heterocycles. The lowest BCUT2D eigenvalue weighted by Gasteiger charge is -2.35. The van der Waals surface area contributed by atoms with Gasteiger partial charge in [0.15, 0.2) is 5.96 Å². The molecule has 0 atom stereocenters. The first-order chi connectivity index (χ1) is 13.0. The maximum Gasteiger partial charge on any atom is 0.224 e. The molecule has 0 aliphatic carbocycles. The molecule has 0 aromatic heterocycles. The minimum atomic E-state index is 0. The van der Waals surface area contributed by atoms with Gasteiger partial charge in [-0.3, -0.25) is 9.79 Å². The number of benzene rings is 1. The summed E-state index contributed by atoms with van der Waals surface area (Å²) in [6, 6.07) is 9.04. The second-order valence-corrected chi connectivity index (χ2v) is 7.47. The molecule has 28 heavy (non-hydrogen) atoms. The SMILES string of the molecule is CCCC(=O)Nc1cccc(CNC(=NC)NC2CCN(C(C)C)CC2)c1.I. The fourth-order valence-corrected chi connectivity index (χ4v) is 3.34. The molecule has 3 N–H and O–H groups in total. The van der Waals surface area contributed by atoms with Crippen molar-refractivity contribution in [3.63, 3.8) is 0 Å². The Morgan fingerprint density at radius 2 is 2.00 bits per heavy atom. The van der Waals surface area contributed by atoms with Crippen molar-refractivity contribution in [2.75, 3.05) is 25.5 Å². The van der Waals surface area contributed by atoms with E-state index in [0.717, 1.165) is 49.6 Å². The van der Waals surface area contributed by atoms with Crippen LogP contribution in [0, 0.1) is 0 Å². The average molecular weight is 501 g/mol. The van der Waals surface area contributed by atoms with Crippen LogP contribution in [0.2, 0.25) is 0 Å². The van der Waals surface area contributed by atoms with E-state index in [1.807, 2.05) is 25.1 Å². The van der Waals surface area contributed by atoms with Gasteiger partial charge in [-0.2, -0.15) is 0 Å². The molecule has 0 spiro atoms. The third-order valence-electron chi connectivity index (χ3n) is 4.97. The first-order valence-corrected chi connectivity index (χ1v) is 10.1. The number of piperidine rings is 1. The molecule has 2 rings (SSSR count). The highest BCUT2D eigenvalue weighted by Gasteiger charge is 2.21. The largest absolute Gasteiger partial charge is 0.354 e. The van der Waals surface area contributed by atoms with Gasteiger partial charge in [0.25, 0.3) is 0 Å². The predicted octanol–water partition coefficient (Wildman–Crippen LogP) is 3.58. The molecule has 0 bridgehead atoms. The van der Waals surface area contributed by atoms with Crippen LogP contribution >= 0.6 is 24.0 Å². The van der Waals surface area contributed by atoms with Crippen LogP contribution in [0.15, 0.2) is 29.3 Å². The van der Waals surface area contributed by atoms with Gasteiger partial charge in [0.1, 0.15) is 0 Å². The van der Waals surface area contributed by atoms with Crippen molar-refractivity contribution in [2.45, 2.75) is 65.1 Å². The standard InChI is InChI=1S/C21H35N5O.HI/c1-5-7-20(27)24-19-9-6-8-17(14-19)15-23-21(22-4)25-18-10-12-26(13-11-18)16(2)3;/h6,8-9,14,16,18H,5,7,10-13,15H2,1-4H3,(H,24,27)(H2,22,23,25);1H. The Morgan fingerprint density at radius 3 is 2.61 bits per heavy atom. The van der Waals surface area contributed by atoms with E-state index < -0.39 is 0 Å². The zero-order chi connectivity index (χ0) is 19.6. The smallest absolute Gasteiger partial charge is 0.224 e. The number of aliphatic imine (C=N–C) groups is 1. The Bertz CT molecular complexity index is 627. The van der Waals surface area contributed by atoms with Gasteiger partial charge in [-0.05, 0) is 50.8 Å². The molecular weight excluding hydrogens is 465 g/mol. The molecule has 0 saturated carbocycles. The molecule has 1 aliphatic heterocycles. The fourth-order valence-electron chi connectivity index (χ4n) is 3.34. The van der Waals surface area contributed by atoms with E-state index in [4.69, 9.17) is 0 Å². The Balaban J connectivity index is 0.00000392. The van der Waals surface area contributed by atoms with Crippen molar-refractivity contribution in [3.05, 3.63) is 29.8 Å². The summed E-state index contributed by atoms with van der Waals surface area (Å²) < 4.78 is 0. The Kier molecular flexibility index (Phi) is 11.4. The van der Waals surface area contributed by atoms with Crippen molar-refractivity contribution in [2.24, 2.45) is 4.99 Å². The minimum Gasteiger partial charge on any atom is -0.354 e. The molecule has 1 amide bonds. The summed E-state index contributed by atoms with van der Waals surface area (Å²) in [7, 11) is 1.81. The number of hydrogen-bond acceptors (Lipinski definition) is 3. The third kappa shape index (κ3) is 8.34. The second kappa shape index (κ2) is 13.0. The number of rotatable bonds is 7. The lowest BCUT2D eigenvalue weighted by Crippen LogP contribution is -2.49. The van der Waals surface area contributed by atoms with E-state index >= 15 is 0 Å². The number of anilines is 1. The minimum absolute atomic E-state index is 0. The summed E-state index contributed by atoms with van der Waals surface area (Å²) >= 11 is 0. The van der Waals surface area contributed by atoms with Gasteiger partial charge in [-0.15, -0.1) is 24.0 Å². The van der Waals surface area contributed by atoms with Crippen LogP contribution in [0.25, 0.3) is 0 Å². The van der Waals surface area contributed by atoms with Gasteiger partial charge in [0.2, 0.25) is 5.91 Å². The number of nitrogens with zero attached hydrogens (tertiary/aromatic N) is 2. The van der Waals surface area contributed by atoms with E-state index in [9.17, 15) is 4.79 Å². The van der Waals surface area contributed by atoms with Gasteiger partial charge in [-0.1, -0.05) is 19.1 Å². The average Bonchev–Trinajstić information content (AvgIpc) is 2.66. The van der Waals surface area contributed by atoms with Crippen LogP contribution in [0.4, 0.5) is 5.69 Å². The normalized spacial score (nSPS) is 15.8. The van der Waals surface area contributed by atoms with Gasteiger partial charge in [0.05, 0.1) is 0 Å². The number of carbonyl (C=O) groups is 1. The summed E-state index contributed by atoms with van der Waals surface area (Å²) in [6.07, 6.45) is 3.68. The first kappa shape index (κ1) is 24.7. The van der Waals surface area contributed by atoms with Gasteiger partial charge in [0, 0.05) is 50.9 Å². The number of nitrogens with one attached hydrogen (secondary N) is 3. The maximum atomic E-state index is 11.8. The van der Waals surface area contributed by atoms with E-state index in [2.05, 4.69) is 45.8 Å². The molecule has 6 nitrogen and oxygen atoms in total. The lowest BCUT2D eigenvalue weighted by molar-refractivity contribution is -0.116. The summed E-state index contributed by atoms with van der Waals surface area (Å²) in [5.74, 6) is 0.895. The molecule has 0 unspecified atom stereocenters. The van der Waals surface area contributed by atoms with Crippen LogP contribution in [0.3, 0.4) is 0 Å². The van der Waals surface area contributed by atoms with Gasteiger partial charge in [-0.25, -0.2) is 0 Å². The predicted molar refractivity (Wildman–Crippen MR) is 128 cm³/mol. The zero-order valence-corrected chi connectivity index (χ0v) is 20.0. The first-order valence-electron chi connectivity index (χ1n) is 10.1. The molecule has 1 saturated heterocycles. The van der Waals surface area contributed by atoms with Gasteiger partial charge < -0.3 is 20.9 Å². The molecular formula is C21H36IN5O. The molecule has 1 aliphatic rings. The number of likely N-dealkylation sites (tertiary alicyclic amines) is 1. The van der Waals surface area contributed by atoms with Crippen molar-refractivity contribution >= 4 is 41.5 Å². The van der Waals surface area contributed by atoms with E-state index in [1.165, 1.54) is 0 Å². The molecule has 1 aromatic rings. The van der Waals surface area contributed by atoms with Crippen LogP contribution in [-0.2, 0) is 11.3 Å². The summed E-state index contributed by atoms with van der Waals surface area (Å²) in [4.78, 5) is 18.6. The topological polar surface area (TPSA) is 68.8 Å². The molecule has 0 radical (unpaired) electrons. The highest BCUT2D eigenvalue weighted by molar-refractivity contribution is 14.0. The van der Waals surface area contributed by atoms with E-state index in [1.54, 1.807) is 7.05 Å². The van der Waals surface area contributed by atoms with Crippen molar-refractivity contribution in [3.8, 4) is 0 Å². The Labute approximate surface area is 187 Å². The van der Waals surface area contributed by atoms with Crippen LogP contribution < -0.4 is 16.0 Å². The van der Waals surface area contributed by atoms with Crippen molar-refractivity contribution < 1.29 is 4.79 Å². The second-order valence-electron chi connectivity index (χ2n) is 7.47. The van der Waals surface area contributed by atoms with Crippen LogP contribution in [0.1, 0.15) is 52.0 Å². The third-order valence-corrected chi connectivity index (χ3v) is 4.97. The number of guanidine groups is 1. The zero-order valence-electron chi connectivity index (χ0n) is 17.6. The molecule has 1 fully saturated rings. The highest BCUT2D eigenvalue weighted by Crippen LogP contribution is 2.13. The fraction of sp³-hybridized carbons (Fsp3) is 0.619. The van der Waals surface area contributed by atoms with Gasteiger partial charge >= 0.3 is 0 Å². The Morgan fingerprint density at radius 1 is 1.29 bits per heavy atom. The molecule has 7 heteroatoms. The van der Waals surface area contributed by atoms with Crippen LogP contribution in [0.5, 0.6) is 0 Å². The Hall–Kier alpha value is -1.35. The van der Waals surface area contributed by atoms with Crippen LogP contribution in [-0.4, -0.2) is 49.0 Å². The summed E-state index contributed by atoms with van der Waals surface area (Å²) in [5.41, 5.74) is 1.96. The number of halogens is 1. The number of carbonyl (C=O) groups excluding carboxylic acids is 1. The molecule has 158 valence electrons. The summed E-state index contributed by atoms with van der Waals surface area (Å²) in [6.45, 7) is 9.45. The number of hydrogen-bond donors (Lipinski definition) is 3. The van der Waals surface area contributed by atoms with E-state index in [0.29, 0.717) is 25.0 Å². The van der Waals surface area contributed by atoms with Crippen molar-refractivity contribution in [1.82, 2.24) is 15.5 Å². The quantitative estimate of drug-likeness (QED) is 0.304. The lowest BCUT2D eigenvalue weighted by atomic mass is 10.0. The number of amides is 1. The van der Waals surface area contributed by atoms with E-state index in [-0.39, 0.29) is 29.9 Å². The maximum absolute atomic E-state index is 11.8. The monoisotopic (exact) mass is 501 g/mol. The molecule has 1 aromatic carbocycles. The van der Waals surface area contributed by atoms with Crippen molar-refractivity contribution in [1.29, 1.82) is 0 Å².